The van der Waals surface area contributed by atoms with Gasteiger partial charge < -0.3 is 10.1 Å². The molecule has 2 rings (SSSR count). The summed E-state index contributed by atoms with van der Waals surface area (Å²) in [5.74, 6) is 0.600. The molecule has 0 radical (unpaired) electrons. The predicted molar refractivity (Wildman–Crippen MR) is 74.1 cm³/mol. The molecule has 0 saturated carbocycles. The largest absolute Gasteiger partial charge is 0.433 e. The first kappa shape index (κ1) is 13.7. The summed E-state index contributed by atoms with van der Waals surface area (Å²) in [6.07, 6.45) is 1.98. The van der Waals surface area contributed by atoms with Gasteiger partial charge in [0.05, 0.1) is 4.92 Å². The van der Waals surface area contributed by atoms with E-state index in [-0.39, 0.29) is 17.4 Å². The summed E-state index contributed by atoms with van der Waals surface area (Å²) in [5, 5.41) is 13.8. The number of anilines is 1. The maximum atomic E-state index is 11.2. The molecule has 104 valence electrons. The van der Waals surface area contributed by atoms with Crippen LogP contribution in [-0.2, 0) is 6.42 Å². The highest BCUT2D eigenvalue weighted by molar-refractivity contribution is 5.61. The van der Waals surface area contributed by atoms with Gasteiger partial charge in [0.15, 0.2) is 0 Å². The second kappa shape index (κ2) is 5.96. The van der Waals surface area contributed by atoms with Gasteiger partial charge >= 0.3 is 11.6 Å². The van der Waals surface area contributed by atoms with Gasteiger partial charge in [-0.05, 0) is 18.1 Å². The summed E-state index contributed by atoms with van der Waals surface area (Å²) in [6.45, 7) is 1.98. The number of para-hydroxylation sites is 1. The van der Waals surface area contributed by atoms with Crippen LogP contribution in [0.25, 0.3) is 0 Å². The minimum atomic E-state index is -0.560. The molecule has 0 aliphatic heterocycles. The maximum Gasteiger partial charge on any atom is 0.373 e. The summed E-state index contributed by atoms with van der Waals surface area (Å²) in [5.41, 5.74) is 0.673. The lowest BCUT2D eigenvalue weighted by Gasteiger charge is -2.10. The lowest BCUT2D eigenvalue weighted by molar-refractivity contribution is -0.385. The smallest absolute Gasteiger partial charge is 0.373 e. The molecule has 1 aromatic heterocycles. The number of hydrogen-bond donors (Lipinski definition) is 1. The maximum absolute atomic E-state index is 11.2. The van der Waals surface area contributed by atoms with Gasteiger partial charge in [-0.3, -0.25) is 10.1 Å². The average molecular weight is 274 g/mol. The number of nitrogens with one attached hydrogen (secondary N) is 1. The number of benzene rings is 1. The molecular weight excluding hydrogens is 260 g/mol. The molecule has 0 atom stereocenters. The van der Waals surface area contributed by atoms with E-state index in [0.717, 1.165) is 12.0 Å². The van der Waals surface area contributed by atoms with Gasteiger partial charge in [-0.15, -0.1) is 0 Å². The van der Waals surface area contributed by atoms with Crippen molar-refractivity contribution in [3.63, 3.8) is 0 Å². The Balaban J connectivity index is 2.46. The summed E-state index contributed by atoms with van der Waals surface area (Å²) in [4.78, 5) is 18.3. The van der Waals surface area contributed by atoms with E-state index < -0.39 is 4.92 Å². The Morgan fingerprint density at radius 2 is 2.10 bits per heavy atom. The number of nitro groups is 1. The van der Waals surface area contributed by atoms with Crippen molar-refractivity contribution in [1.82, 2.24) is 9.97 Å². The molecule has 0 fully saturated rings. The minimum Gasteiger partial charge on any atom is -0.433 e. The van der Waals surface area contributed by atoms with E-state index in [0.29, 0.717) is 5.75 Å². The van der Waals surface area contributed by atoms with Crippen LogP contribution >= 0.6 is 0 Å². The van der Waals surface area contributed by atoms with Crippen LogP contribution in [0.4, 0.5) is 11.5 Å². The van der Waals surface area contributed by atoms with E-state index in [1.54, 1.807) is 19.2 Å². The molecular formula is C13H14N4O3. The van der Waals surface area contributed by atoms with E-state index in [4.69, 9.17) is 4.74 Å². The number of hydrogen-bond acceptors (Lipinski definition) is 6. The number of ether oxygens (including phenoxy) is 1. The Morgan fingerprint density at radius 1 is 1.35 bits per heavy atom. The molecule has 7 heteroatoms. The Morgan fingerprint density at radius 3 is 2.75 bits per heavy atom. The quantitative estimate of drug-likeness (QED) is 0.666. The van der Waals surface area contributed by atoms with Crippen LogP contribution in [0, 0.1) is 10.1 Å². The lowest BCUT2D eigenvalue weighted by atomic mass is 10.1. The third kappa shape index (κ3) is 2.66. The summed E-state index contributed by atoms with van der Waals surface area (Å²) in [7, 11) is 1.55. The van der Waals surface area contributed by atoms with Crippen LogP contribution in [0.15, 0.2) is 30.6 Å². The van der Waals surface area contributed by atoms with Crippen molar-refractivity contribution in [2.45, 2.75) is 13.3 Å². The zero-order chi connectivity index (χ0) is 14.5. The fraction of sp³-hybridized carbons (Fsp3) is 0.231. The Kier molecular flexibility index (Phi) is 4.09. The molecule has 0 amide bonds. The summed E-state index contributed by atoms with van der Waals surface area (Å²) in [6, 6.07) is 7.35. The van der Waals surface area contributed by atoms with Crippen LogP contribution in [0.5, 0.6) is 11.6 Å². The molecule has 0 unspecified atom stereocenters. The van der Waals surface area contributed by atoms with Gasteiger partial charge in [-0.25, -0.2) is 4.98 Å². The molecule has 0 bridgehead atoms. The van der Waals surface area contributed by atoms with Gasteiger partial charge in [0.2, 0.25) is 5.82 Å². The minimum absolute atomic E-state index is 0.0738. The van der Waals surface area contributed by atoms with E-state index in [1.165, 1.54) is 6.33 Å². The topological polar surface area (TPSA) is 90.2 Å². The van der Waals surface area contributed by atoms with Gasteiger partial charge in [-0.2, -0.15) is 4.98 Å². The lowest BCUT2D eigenvalue weighted by Crippen LogP contribution is -2.03. The number of rotatable bonds is 5. The van der Waals surface area contributed by atoms with Crippen molar-refractivity contribution in [3.8, 4) is 11.6 Å². The predicted octanol–water partition coefficient (Wildman–Crippen LogP) is 2.78. The van der Waals surface area contributed by atoms with E-state index >= 15 is 0 Å². The third-order valence-electron chi connectivity index (χ3n) is 2.77. The first-order valence-corrected chi connectivity index (χ1v) is 6.10. The molecule has 0 aliphatic carbocycles. The molecule has 0 saturated heterocycles. The molecule has 0 spiro atoms. The third-order valence-corrected chi connectivity index (χ3v) is 2.77. The van der Waals surface area contributed by atoms with Crippen LogP contribution < -0.4 is 10.1 Å². The summed E-state index contributed by atoms with van der Waals surface area (Å²) >= 11 is 0. The number of nitrogens with zero attached hydrogens (tertiary/aromatic N) is 3. The normalized spacial score (nSPS) is 10.1. The van der Waals surface area contributed by atoms with Crippen LogP contribution in [0.1, 0.15) is 12.5 Å². The second-order valence-electron chi connectivity index (χ2n) is 3.95. The highest BCUT2D eigenvalue weighted by atomic mass is 16.6. The molecule has 1 heterocycles. The summed E-state index contributed by atoms with van der Waals surface area (Å²) < 4.78 is 5.60. The van der Waals surface area contributed by atoms with Gasteiger partial charge in [0, 0.05) is 7.05 Å². The highest BCUT2D eigenvalue weighted by Gasteiger charge is 2.24. The molecule has 1 aromatic carbocycles. The Bertz CT molecular complexity index is 631. The van der Waals surface area contributed by atoms with Crippen LogP contribution in [0.2, 0.25) is 0 Å². The molecule has 1 N–H and O–H groups in total. The first-order valence-electron chi connectivity index (χ1n) is 6.10. The Hall–Kier alpha value is -2.70. The molecule has 20 heavy (non-hydrogen) atoms. The highest BCUT2D eigenvalue weighted by Crippen LogP contribution is 2.34. The fourth-order valence-electron chi connectivity index (χ4n) is 1.78. The average Bonchev–Trinajstić information content (AvgIpc) is 2.47. The van der Waals surface area contributed by atoms with E-state index in [1.807, 2.05) is 19.1 Å². The van der Waals surface area contributed by atoms with E-state index in [9.17, 15) is 10.1 Å². The van der Waals surface area contributed by atoms with Crippen molar-refractivity contribution in [2.75, 3.05) is 12.4 Å². The van der Waals surface area contributed by atoms with Crippen molar-refractivity contribution < 1.29 is 9.66 Å². The first-order chi connectivity index (χ1) is 9.67. The van der Waals surface area contributed by atoms with Crippen LogP contribution in [-0.4, -0.2) is 21.9 Å². The number of aromatic nitrogens is 2. The van der Waals surface area contributed by atoms with Crippen LogP contribution in [0.3, 0.4) is 0 Å². The zero-order valence-electron chi connectivity index (χ0n) is 11.2. The van der Waals surface area contributed by atoms with E-state index in [2.05, 4.69) is 15.3 Å². The van der Waals surface area contributed by atoms with Crippen molar-refractivity contribution in [3.05, 3.63) is 46.3 Å². The van der Waals surface area contributed by atoms with Crippen molar-refractivity contribution in [2.24, 2.45) is 0 Å². The molecule has 7 nitrogen and oxygen atoms in total. The van der Waals surface area contributed by atoms with Gasteiger partial charge in [-0.1, -0.05) is 25.1 Å². The monoisotopic (exact) mass is 274 g/mol. The van der Waals surface area contributed by atoms with Crippen molar-refractivity contribution in [1.29, 1.82) is 0 Å². The second-order valence-corrected chi connectivity index (χ2v) is 3.95. The fourth-order valence-corrected chi connectivity index (χ4v) is 1.78. The number of aryl methyl sites for hydroxylation is 1. The Labute approximate surface area is 115 Å². The molecule has 0 aliphatic rings. The van der Waals surface area contributed by atoms with Gasteiger partial charge in [0.25, 0.3) is 0 Å². The van der Waals surface area contributed by atoms with Gasteiger partial charge in [0.1, 0.15) is 12.1 Å². The zero-order valence-corrected chi connectivity index (χ0v) is 11.2. The van der Waals surface area contributed by atoms with Crippen molar-refractivity contribution >= 4 is 11.5 Å². The standard InChI is InChI=1S/C13H14N4O3/c1-3-9-6-4-5-7-10(9)20-13-11(17(18)19)12(14-2)15-8-16-13/h4-8H,3H2,1-2H3,(H,14,15,16). The molecule has 2 aromatic rings. The SMILES string of the molecule is CCc1ccccc1Oc1ncnc(NC)c1[N+](=O)[O-].